The Bertz CT molecular complexity index is 1940. The molecule has 0 saturated carbocycles. The minimum absolute atomic E-state index is 0.217. The van der Waals surface area contributed by atoms with E-state index in [0.29, 0.717) is 45.5 Å². The van der Waals surface area contributed by atoms with E-state index in [9.17, 15) is 35.5 Å². The lowest BCUT2D eigenvalue weighted by Crippen LogP contribution is -2.10. The van der Waals surface area contributed by atoms with Crippen molar-refractivity contribution in [3.8, 4) is 11.5 Å². The number of hydrogen-bond donors (Lipinski definition) is 0. The molecule has 234 valence electrons. The summed E-state index contributed by atoms with van der Waals surface area (Å²) in [5.41, 5.74) is 2.66. The number of hydrogen-bond acceptors (Lipinski definition) is 10. The summed E-state index contributed by atoms with van der Waals surface area (Å²) < 4.78 is 83.8. The van der Waals surface area contributed by atoms with Crippen LogP contribution < -0.4 is 9.47 Å². The summed E-state index contributed by atoms with van der Waals surface area (Å²) in [7, 11) is -10.5. The Morgan fingerprint density at radius 1 is 0.478 bits per heavy atom. The Labute approximate surface area is 265 Å². The quantitative estimate of drug-likeness (QED) is 0.130. The van der Waals surface area contributed by atoms with Crippen LogP contribution >= 0.6 is 0 Å². The van der Waals surface area contributed by atoms with Crippen molar-refractivity contribution < 1.29 is 45.0 Å². The molecule has 0 unspecified atom stereocenters. The fraction of sp³-hybridized carbons (Fsp3) is 0.0588. The summed E-state index contributed by atoms with van der Waals surface area (Å²) in [6.07, 6.45) is 0. The zero-order valence-corrected chi connectivity index (χ0v) is 25.5. The van der Waals surface area contributed by atoms with Crippen molar-refractivity contribution in [2.75, 3.05) is 0 Å². The van der Waals surface area contributed by atoms with Gasteiger partial charge in [0.15, 0.2) is 11.6 Å². The third-order valence-electron chi connectivity index (χ3n) is 6.84. The van der Waals surface area contributed by atoms with Gasteiger partial charge in [0.05, 0.1) is 0 Å². The molecule has 0 aliphatic rings. The van der Waals surface area contributed by atoms with Gasteiger partial charge in [-0.05, 0) is 11.1 Å². The van der Waals surface area contributed by atoms with Crippen LogP contribution in [-0.2, 0) is 33.5 Å². The fourth-order valence-electron chi connectivity index (χ4n) is 4.48. The number of benzene rings is 5. The Kier molecular flexibility index (Phi) is 9.44. The molecule has 10 nitrogen and oxygen atoms in total. The Hall–Kier alpha value is -5.14. The third kappa shape index (κ3) is 7.73. The normalized spacial score (nSPS) is 11.5. The molecular weight excluding hydrogens is 632 g/mol. The monoisotopic (exact) mass is 656 g/mol. The summed E-state index contributed by atoms with van der Waals surface area (Å²) in [6.45, 7) is -0.649. The maximum absolute atomic E-state index is 12.7. The molecule has 5 aromatic rings. The van der Waals surface area contributed by atoms with Gasteiger partial charge in [0.1, 0.15) is 54.7 Å². The second-order valence-electron chi connectivity index (χ2n) is 10.0. The third-order valence-corrected chi connectivity index (χ3v) is 8.56. The smallest absolute Gasteiger partial charge is 0.193 e. The van der Waals surface area contributed by atoms with Gasteiger partial charge in [-0.3, -0.25) is 9.59 Å². The van der Waals surface area contributed by atoms with E-state index in [2.05, 4.69) is 0 Å². The van der Waals surface area contributed by atoms with Crippen LogP contribution in [0.3, 0.4) is 0 Å². The highest BCUT2D eigenvalue weighted by Gasteiger charge is 2.21. The number of ether oxygens (including phenoxy) is 2. The summed E-state index contributed by atoms with van der Waals surface area (Å²) in [5.74, 6) is -1.76. The highest BCUT2D eigenvalue weighted by molar-refractivity contribution is 7.86. The molecule has 0 heterocycles. The Balaban J connectivity index is 1.35. The minimum atomic E-state index is -5.23. The molecule has 0 spiro atoms. The zero-order chi connectivity index (χ0) is 32.9. The van der Waals surface area contributed by atoms with E-state index in [0.717, 1.165) is 0 Å². The molecule has 0 amide bonds. The van der Waals surface area contributed by atoms with E-state index >= 15 is 0 Å². The van der Waals surface area contributed by atoms with Crippen LogP contribution in [0.5, 0.6) is 11.5 Å². The molecule has 0 aliphatic carbocycles. The molecule has 0 N–H and O–H groups in total. The largest absolute Gasteiger partial charge is 0.744 e. The standard InChI is InChI=1S/C34H26O10S2/c35-33(25-7-3-1-4-8-25)27-15-11-23(12-16-27)21-43-29-19-32(46(40,41)42)30(20-31(29)45(37,38)39)44-22-24-13-17-28(18-14-24)34(36)26-9-5-2-6-10-26/h1-20H,21-22H2,(H,37,38,39)(H,40,41,42)/p-2. The highest BCUT2D eigenvalue weighted by Crippen LogP contribution is 2.36. The lowest BCUT2D eigenvalue weighted by Gasteiger charge is -2.20. The van der Waals surface area contributed by atoms with E-state index in [1.54, 1.807) is 84.9 Å². The van der Waals surface area contributed by atoms with E-state index in [4.69, 9.17) is 9.47 Å². The molecule has 0 aromatic heterocycles. The molecule has 0 fully saturated rings. The van der Waals surface area contributed by atoms with E-state index in [1.165, 1.54) is 24.3 Å². The van der Waals surface area contributed by atoms with Crippen LogP contribution in [0.25, 0.3) is 0 Å². The van der Waals surface area contributed by atoms with E-state index in [-0.39, 0.29) is 24.8 Å². The first-order valence-corrected chi connectivity index (χ1v) is 16.4. The Morgan fingerprint density at radius 3 is 1.09 bits per heavy atom. The van der Waals surface area contributed by atoms with Crippen molar-refractivity contribution in [2.45, 2.75) is 23.0 Å². The number of carbonyl (C=O) groups is 2. The van der Waals surface area contributed by atoms with Crippen molar-refractivity contribution in [3.05, 3.63) is 155 Å². The molecule has 0 radical (unpaired) electrons. The van der Waals surface area contributed by atoms with Crippen LogP contribution in [0.2, 0.25) is 0 Å². The second kappa shape index (κ2) is 13.5. The molecule has 46 heavy (non-hydrogen) atoms. The van der Waals surface area contributed by atoms with Gasteiger partial charge in [-0.2, -0.15) is 0 Å². The second-order valence-corrected chi connectivity index (χ2v) is 12.7. The van der Waals surface area contributed by atoms with Crippen molar-refractivity contribution >= 4 is 31.8 Å². The van der Waals surface area contributed by atoms with Crippen LogP contribution in [0, 0.1) is 0 Å². The minimum Gasteiger partial charge on any atom is -0.744 e. The molecule has 0 atom stereocenters. The van der Waals surface area contributed by atoms with Crippen molar-refractivity contribution in [3.63, 3.8) is 0 Å². The Morgan fingerprint density at radius 2 is 0.783 bits per heavy atom. The lowest BCUT2D eigenvalue weighted by molar-refractivity contribution is 0.103. The predicted molar refractivity (Wildman–Crippen MR) is 164 cm³/mol. The molecule has 12 heteroatoms. The van der Waals surface area contributed by atoms with Gasteiger partial charge in [-0.1, -0.05) is 109 Å². The van der Waals surface area contributed by atoms with Crippen molar-refractivity contribution in [2.24, 2.45) is 0 Å². The fourth-order valence-corrected chi connectivity index (χ4v) is 5.71. The zero-order valence-electron chi connectivity index (χ0n) is 23.9. The van der Waals surface area contributed by atoms with E-state index in [1.807, 2.05) is 0 Å². The average molecular weight is 657 g/mol. The van der Waals surface area contributed by atoms with Gasteiger partial charge in [-0.25, -0.2) is 16.8 Å². The molecule has 5 aromatic carbocycles. The van der Waals surface area contributed by atoms with Gasteiger partial charge in [0.25, 0.3) is 0 Å². The summed E-state index contributed by atoms with van der Waals surface area (Å²) in [5, 5.41) is 0. The van der Waals surface area contributed by atoms with Crippen LogP contribution in [0.15, 0.2) is 131 Å². The number of carbonyl (C=O) groups excluding carboxylic acids is 2. The summed E-state index contributed by atoms with van der Waals surface area (Å²) in [4.78, 5) is 23.4. The average Bonchev–Trinajstić information content (AvgIpc) is 3.06. The van der Waals surface area contributed by atoms with Gasteiger partial charge in [-0.15, -0.1) is 0 Å². The summed E-state index contributed by atoms with van der Waals surface area (Å²) >= 11 is 0. The molecule has 0 aliphatic heterocycles. The van der Waals surface area contributed by atoms with Crippen LogP contribution in [0.1, 0.15) is 43.0 Å². The maximum Gasteiger partial charge on any atom is 0.193 e. The lowest BCUT2D eigenvalue weighted by atomic mass is 10.0. The molecule has 0 saturated heterocycles. The van der Waals surface area contributed by atoms with Gasteiger partial charge < -0.3 is 18.6 Å². The SMILES string of the molecule is O=C(c1ccccc1)c1ccc(COc2cc(S(=O)(=O)[O-])c(OCc3ccc(C(=O)c4ccccc4)cc3)cc2S(=O)(=O)[O-])cc1. The maximum atomic E-state index is 12.7. The first-order chi connectivity index (χ1) is 21.9. The van der Waals surface area contributed by atoms with Crippen molar-refractivity contribution in [1.29, 1.82) is 0 Å². The molecule has 0 bridgehead atoms. The first kappa shape index (κ1) is 32.3. The van der Waals surface area contributed by atoms with Crippen LogP contribution in [-0.4, -0.2) is 37.5 Å². The van der Waals surface area contributed by atoms with Gasteiger partial charge in [0, 0.05) is 34.4 Å². The summed E-state index contributed by atoms with van der Waals surface area (Å²) in [6, 6.07) is 30.8. The first-order valence-electron chi connectivity index (χ1n) is 13.6. The van der Waals surface area contributed by atoms with E-state index < -0.39 is 41.5 Å². The van der Waals surface area contributed by atoms with Gasteiger partial charge >= 0.3 is 0 Å². The molecule has 5 rings (SSSR count). The van der Waals surface area contributed by atoms with Gasteiger partial charge in [0.2, 0.25) is 0 Å². The number of ketones is 2. The number of rotatable bonds is 12. The highest BCUT2D eigenvalue weighted by atomic mass is 32.2. The van der Waals surface area contributed by atoms with Crippen molar-refractivity contribution in [1.82, 2.24) is 0 Å². The topological polar surface area (TPSA) is 167 Å². The van der Waals surface area contributed by atoms with Crippen LogP contribution in [0.4, 0.5) is 0 Å². The predicted octanol–water partition coefficient (Wildman–Crippen LogP) is 5.11. The molecular formula is C34H24O10S2-2.